The maximum atomic E-state index is 12.9. The lowest BCUT2D eigenvalue weighted by Gasteiger charge is -2.21. The summed E-state index contributed by atoms with van der Waals surface area (Å²) in [6.45, 7) is 4.41. The van der Waals surface area contributed by atoms with Gasteiger partial charge in [-0.15, -0.1) is 0 Å². The van der Waals surface area contributed by atoms with E-state index in [0.717, 1.165) is 23.3 Å². The van der Waals surface area contributed by atoms with Crippen LogP contribution in [0, 0.1) is 12.7 Å². The number of rotatable bonds is 5. The molecule has 2 aromatic rings. The van der Waals surface area contributed by atoms with Gasteiger partial charge in [0.2, 0.25) is 10.0 Å². The molecular formula is C16H18FNO2S. The van der Waals surface area contributed by atoms with E-state index in [-0.39, 0.29) is 4.90 Å². The minimum atomic E-state index is -3.62. The highest BCUT2D eigenvalue weighted by molar-refractivity contribution is 7.89. The number of halogens is 1. The highest BCUT2D eigenvalue weighted by Crippen LogP contribution is 2.19. The van der Waals surface area contributed by atoms with E-state index < -0.39 is 15.8 Å². The second-order valence-corrected chi connectivity index (χ2v) is 6.75. The van der Waals surface area contributed by atoms with Crippen LogP contribution < -0.4 is 0 Å². The van der Waals surface area contributed by atoms with Crippen LogP contribution in [0.1, 0.15) is 18.1 Å². The van der Waals surface area contributed by atoms with Gasteiger partial charge < -0.3 is 0 Å². The Bertz CT molecular complexity index is 711. The summed E-state index contributed by atoms with van der Waals surface area (Å²) < 4.78 is 39.5. The molecule has 0 bridgehead atoms. The summed E-state index contributed by atoms with van der Waals surface area (Å²) in [6.07, 6.45) is 0. The van der Waals surface area contributed by atoms with Crippen molar-refractivity contribution >= 4 is 10.0 Å². The molecular weight excluding hydrogens is 289 g/mol. The number of hydrogen-bond donors (Lipinski definition) is 0. The molecule has 0 heterocycles. The van der Waals surface area contributed by atoms with Gasteiger partial charge in [0.25, 0.3) is 0 Å². The molecule has 0 spiro atoms. The Kier molecular flexibility index (Phi) is 4.75. The Morgan fingerprint density at radius 2 is 1.67 bits per heavy atom. The smallest absolute Gasteiger partial charge is 0.207 e. The first-order chi connectivity index (χ1) is 9.95. The Balaban J connectivity index is 2.32. The Hall–Kier alpha value is -1.72. The van der Waals surface area contributed by atoms with Crippen LogP contribution >= 0.6 is 0 Å². The van der Waals surface area contributed by atoms with E-state index in [9.17, 15) is 12.8 Å². The van der Waals surface area contributed by atoms with Crippen molar-refractivity contribution in [2.45, 2.75) is 25.3 Å². The molecule has 5 heteroatoms. The number of aryl methyl sites for hydroxylation is 1. The van der Waals surface area contributed by atoms with Gasteiger partial charge in [0.05, 0.1) is 4.90 Å². The van der Waals surface area contributed by atoms with Crippen molar-refractivity contribution < 1.29 is 12.8 Å². The fraction of sp³-hybridized carbons (Fsp3) is 0.250. The zero-order valence-electron chi connectivity index (χ0n) is 12.1. The summed E-state index contributed by atoms with van der Waals surface area (Å²) in [7, 11) is -3.62. The Labute approximate surface area is 125 Å². The molecule has 0 unspecified atom stereocenters. The zero-order chi connectivity index (χ0) is 15.5. The van der Waals surface area contributed by atoms with Crippen LogP contribution in [0.25, 0.3) is 0 Å². The molecule has 0 atom stereocenters. The third-order valence-corrected chi connectivity index (χ3v) is 5.35. The van der Waals surface area contributed by atoms with E-state index in [2.05, 4.69) is 0 Å². The van der Waals surface area contributed by atoms with Crippen LogP contribution in [0.4, 0.5) is 4.39 Å². The van der Waals surface area contributed by atoms with Crippen molar-refractivity contribution in [3.05, 3.63) is 65.5 Å². The lowest BCUT2D eigenvalue weighted by Crippen LogP contribution is -2.30. The fourth-order valence-electron chi connectivity index (χ4n) is 2.10. The summed E-state index contributed by atoms with van der Waals surface area (Å²) in [6, 6.07) is 12.6. The summed E-state index contributed by atoms with van der Waals surface area (Å²) in [4.78, 5) is 0.110. The molecule has 0 aliphatic carbocycles. The average Bonchev–Trinajstić information content (AvgIpc) is 2.46. The van der Waals surface area contributed by atoms with E-state index >= 15 is 0 Å². The second kappa shape index (κ2) is 6.37. The Morgan fingerprint density at radius 1 is 1.05 bits per heavy atom. The fourth-order valence-corrected chi connectivity index (χ4v) is 3.53. The molecule has 0 aromatic heterocycles. The number of nitrogens with zero attached hydrogens (tertiary/aromatic N) is 1. The van der Waals surface area contributed by atoms with Crippen LogP contribution in [0.5, 0.6) is 0 Å². The minimum absolute atomic E-state index is 0.110. The van der Waals surface area contributed by atoms with E-state index in [1.165, 1.54) is 16.4 Å². The molecule has 0 aliphatic rings. The van der Waals surface area contributed by atoms with Gasteiger partial charge in [-0.2, -0.15) is 4.31 Å². The van der Waals surface area contributed by atoms with Gasteiger partial charge in [0, 0.05) is 13.1 Å². The standard InChI is InChI=1S/C16H18FNO2S/c1-3-18(12-14-7-5-4-6-13(14)2)21(19,20)16-10-8-15(17)9-11-16/h4-11H,3,12H2,1-2H3. The van der Waals surface area contributed by atoms with Crippen molar-refractivity contribution in [1.29, 1.82) is 0 Å². The summed E-state index contributed by atoms with van der Waals surface area (Å²) in [5, 5.41) is 0. The van der Waals surface area contributed by atoms with E-state index in [4.69, 9.17) is 0 Å². The average molecular weight is 307 g/mol. The largest absolute Gasteiger partial charge is 0.243 e. The first-order valence-corrected chi connectivity index (χ1v) is 8.19. The second-order valence-electron chi connectivity index (χ2n) is 4.81. The van der Waals surface area contributed by atoms with Crippen LogP contribution in [0.3, 0.4) is 0 Å². The van der Waals surface area contributed by atoms with Crippen molar-refractivity contribution in [1.82, 2.24) is 4.31 Å². The summed E-state index contributed by atoms with van der Waals surface area (Å²) >= 11 is 0. The number of hydrogen-bond acceptors (Lipinski definition) is 2. The molecule has 0 N–H and O–H groups in total. The molecule has 0 saturated heterocycles. The first-order valence-electron chi connectivity index (χ1n) is 6.75. The van der Waals surface area contributed by atoms with Crippen molar-refractivity contribution in [3.8, 4) is 0 Å². The van der Waals surface area contributed by atoms with Gasteiger partial charge in [-0.05, 0) is 42.3 Å². The predicted molar refractivity (Wildman–Crippen MR) is 80.8 cm³/mol. The minimum Gasteiger partial charge on any atom is -0.207 e. The highest BCUT2D eigenvalue weighted by Gasteiger charge is 2.23. The lowest BCUT2D eigenvalue weighted by molar-refractivity contribution is 0.422. The van der Waals surface area contributed by atoms with E-state index in [1.54, 1.807) is 6.92 Å². The first kappa shape index (κ1) is 15.7. The number of sulfonamides is 1. The van der Waals surface area contributed by atoms with Crippen LogP contribution in [0.2, 0.25) is 0 Å². The SMILES string of the molecule is CCN(Cc1ccccc1C)S(=O)(=O)c1ccc(F)cc1. The van der Waals surface area contributed by atoms with Crippen molar-refractivity contribution in [2.24, 2.45) is 0 Å². The molecule has 21 heavy (non-hydrogen) atoms. The third kappa shape index (κ3) is 3.49. The quantitative estimate of drug-likeness (QED) is 0.849. The Morgan fingerprint density at radius 3 is 2.24 bits per heavy atom. The van der Waals surface area contributed by atoms with Gasteiger partial charge in [0.1, 0.15) is 5.82 Å². The van der Waals surface area contributed by atoms with Crippen LogP contribution in [-0.2, 0) is 16.6 Å². The van der Waals surface area contributed by atoms with Crippen molar-refractivity contribution in [2.75, 3.05) is 6.54 Å². The van der Waals surface area contributed by atoms with Gasteiger partial charge in [0.15, 0.2) is 0 Å². The van der Waals surface area contributed by atoms with E-state index in [1.807, 2.05) is 31.2 Å². The summed E-state index contributed by atoms with van der Waals surface area (Å²) in [5.41, 5.74) is 2.01. The molecule has 0 radical (unpaired) electrons. The van der Waals surface area contributed by atoms with Gasteiger partial charge in [-0.25, -0.2) is 12.8 Å². The predicted octanol–water partition coefficient (Wildman–Crippen LogP) is 3.34. The topological polar surface area (TPSA) is 37.4 Å². The maximum absolute atomic E-state index is 12.9. The lowest BCUT2D eigenvalue weighted by atomic mass is 10.1. The van der Waals surface area contributed by atoms with Gasteiger partial charge >= 0.3 is 0 Å². The zero-order valence-corrected chi connectivity index (χ0v) is 12.9. The van der Waals surface area contributed by atoms with Gasteiger partial charge in [-0.1, -0.05) is 31.2 Å². The molecule has 0 amide bonds. The maximum Gasteiger partial charge on any atom is 0.243 e. The molecule has 0 saturated carbocycles. The normalized spacial score (nSPS) is 11.8. The molecule has 0 fully saturated rings. The van der Waals surface area contributed by atoms with Crippen LogP contribution in [0.15, 0.2) is 53.4 Å². The third-order valence-electron chi connectivity index (χ3n) is 3.41. The van der Waals surface area contributed by atoms with Crippen molar-refractivity contribution in [3.63, 3.8) is 0 Å². The monoisotopic (exact) mass is 307 g/mol. The molecule has 0 aliphatic heterocycles. The van der Waals surface area contributed by atoms with Crippen LogP contribution in [-0.4, -0.2) is 19.3 Å². The molecule has 112 valence electrons. The molecule has 2 aromatic carbocycles. The molecule has 3 nitrogen and oxygen atoms in total. The molecule has 2 rings (SSSR count). The summed E-state index contributed by atoms with van der Waals surface area (Å²) in [5.74, 6) is -0.448. The highest BCUT2D eigenvalue weighted by atomic mass is 32.2. The van der Waals surface area contributed by atoms with E-state index in [0.29, 0.717) is 13.1 Å². The van der Waals surface area contributed by atoms with Gasteiger partial charge in [-0.3, -0.25) is 0 Å². The number of benzene rings is 2.